The molecule has 2 aliphatic rings. The van der Waals surface area contributed by atoms with Crippen LogP contribution in [0, 0.1) is 0 Å². The third kappa shape index (κ3) is 7.41. The van der Waals surface area contributed by atoms with Crippen LogP contribution in [-0.2, 0) is 0 Å². The van der Waals surface area contributed by atoms with E-state index in [1.54, 1.807) is 18.8 Å². The normalized spacial score (nSPS) is 18.5. The second kappa shape index (κ2) is 13.1. The van der Waals surface area contributed by atoms with Gasteiger partial charge in [-0.15, -0.1) is 0 Å². The van der Waals surface area contributed by atoms with E-state index in [4.69, 9.17) is 0 Å². The largest absolute Gasteiger partial charge is 0.388 e. The van der Waals surface area contributed by atoms with Crippen molar-refractivity contribution in [3.05, 3.63) is 48.3 Å². The molecule has 0 unspecified atom stereocenters. The van der Waals surface area contributed by atoms with Crippen molar-refractivity contribution in [1.82, 2.24) is 15.6 Å². The monoisotopic (exact) mass is 459 g/mol. The summed E-state index contributed by atoms with van der Waals surface area (Å²) in [7, 11) is 0. The molecule has 0 bridgehead atoms. The van der Waals surface area contributed by atoms with Crippen molar-refractivity contribution in [2.45, 2.75) is 19.3 Å². The van der Waals surface area contributed by atoms with Crippen LogP contribution in [0.5, 0.6) is 0 Å². The summed E-state index contributed by atoms with van der Waals surface area (Å²) in [6, 6.07) is 10.3. The van der Waals surface area contributed by atoms with Crippen molar-refractivity contribution >= 4 is 36.1 Å². The van der Waals surface area contributed by atoms with Gasteiger partial charge in [-0.3, -0.25) is 15.0 Å². The average Bonchev–Trinajstić information content (AvgIpc) is 3.24. The molecule has 0 radical (unpaired) electrons. The topological polar surface area (TPSA) is 113 Å². The molecule has 1 aromatic carbocycles. The van der Waals surface area contributed by atoms with Crippen LogP contribution in [0.2, 0.25) is 0 Å². The molecule has 34 heavy (non-hydrogen) atoms. The number of H-pyrrole nitrogens is 1. The van der Waals surface area contributed by atoms with E-state index in [1.807, 2.05) is 24.5 Å². The van der Waals surface area contributed by atoms with Gasteiger partial charge in [0, 0.05) is 68.3 Å². The average molecular weight is 460 g/mol. The van der Waals surface area contributed by atoms with Crippen LogP contribution in [0.4, 0.5) is 11.5 Å². The van der Waals surface area contributed by atoms with Crippen LogP contribution in [0.3, 0.4) is 0 Å². The standard InChI is InChI=1S/C25H33N9/c1-2-8-28-17-21-16-23(34-25(21)32-19-30-9-3-1)20-4-6-22(7-5-20)33-24-18-29-13-12-26-10-11-27-14-15-31-24/h4-7,14-19,26-27,34H,1-3,8-13H2,(H,30,32)(H,31,33)/b15-14+,28-17?,29-18?. The molecular formula is C25H33N9. The molecule has 0 spiro atoms. The minimum atomic E-state index is 0.688. The zero-order valence-corrected chi connectivity index (χ0v) is 19.4. The first-order valence-corrected chi connectivity index (χ1v) is 11.9. The van der Waals surface area contributed by atoms with Gasteiger partial charge in [0.2, 0.25) is 0 Å². The maximum absolute atomic E-state index is 4.59. The van der Waals surface area contributed by atoms with Crippen molar-refractivity contribution in [1.29, 1.82) is 0 Å². The second-order valence-electron chi connectivity index (χ2n) is 8.06. The predicted molar refractivity (Wildman–Crippen MR) is 144 cm³/mol. The van der Waals surface area contributed by atoms with Gasteiger partial charge in [-0.2, -0.15) is 0 Å². The maximum Gasteiger partial charge on any atom is 0.148 e. The molecule has 0 aliphatic carbocycles. The second-order valence-corrected chi connectivity index (χ2v) is 8.06. The summed E-state index contributed by atoms with van der Waals surface area (Å²) in [6.07, 6.45) is 12.4. The Morgan fingerprint density at radius 1 is 0.824 bits per heavy atom. The molecule has 0 saturated heterocycles. The summed E-state index contributed by atoms with van der Waals surface area (Å²) in [5.74, 6) is 1.59. The van der Waals surface area contributed by atoms with Crippen LogP contribution < -0.4 is 21.3 Å². The number of anilines is 2. The Morgan fingerprint density at radius 3 is 2.59 bits per heavy atom. The minimum absolute atomic E-state index is 0.688. The number of aromatic amines is 1. The van der Waals surface area contributed by atoms with E-state index in [2.05, 4.69) is 64.4 Å². The van der Waals surface area contributed by atoms with Crippen molar-refractivity contribution in [3.63, 3.8) is 0 Å². The van der Waals surface area contributed by atoms with E-state index in [-0.39, 0.29) is 0 Å². The summed E-state index contributed by atoms with van der Waals surface area (Å²) in [6.45, 7) is 5.00. The van der Waals surface area contributed by atoms with Gasteiger partial charge in [-0.25, -0.2) is 4.99 Å². The molecule has 1 aromatic heterocycles. The number of fused-ring (bicyclic) bond motifs is 1. The maximum atomic E-state index is 4.59. The lowest BCUT2D eigenvalue weighted by Crippen LogP contribution is -2.27. The lowest BCUT2D eigenvalue weighted by Gasteiger charge is -2.08. The van der Waals surface area contributed by atoms with Crippen LogP contribution in [0.15, 0.2) is 62.7 Å². The van der Waals surface area contributed by atoms with Gasteiger partial charge >= 0.3 is 0 Å². The first-order chi connectivity index (χ1) is 16.9. The highest BCUT2D eigenvalue weighted by Crippen LogP contribution is 2.25. The number of aliphatic imine (C=N–C) groups is 4. The summed E-state index contributed by atoms with van der Waals surface area (Å²) in [5.41, 5.74) is 4.07. The molecule has 9 nitrogen and oxygen atoms in total. The number of aromatic nitrogens is 1. The predicted octanol–water partition coefficient (Wildman–Crippen LogP) is 3.27. The number of hydrogen-bond donors (Lipinski definition) is 5. The molecule has 5 N–H and O–H groups in total. The number of benzene rings is 1. The lowest BCUT2D eigenvalue weighted by molar-refractivity contribution is 0.666. The fraction of sp³-hybridized carbons (Fsp3) is 0.360. The zero-order valence-electron chi connectivity index (χ0n) is 19.4. The highest BCUT2D eigenvalue weighted by Gasteiger charge is 2.08. The number of amidine groups is 1. The van der Waals surface area contributed by atoms with Crippen LogP contribution >= 0.6 is 0 Å². The fourth-order valence-electron chi connectivity index (χ4n) is 3.58. The number of rotatable bonds is 2. The van der Waals surface area contributed by atoms with Crippen molar-refractivity contribution in [2.75, 3.05) is 49.9 Å². The van der Waals surface area contributed by atoms with E-state index in [0.717, 1.165) is 80.3 Å². The molecule has 0 fully saturated rings. The molecule has 2 aromatic rings. The highest BCUT2D eigenvalue weighted by molar-refractivity contribution is 6.35. The molecule has 0 amide bonds. The van der Waals surface area contributed by atoms with Crippen molar-refractivity contribution in [2.24, 2.45) is 20.0 Å². The summed E-state index contributed by atoms with van der Waals surface area (Å²) in [4.78, 5) is 21.4. The smallest absolute Gasteiger partial charge is 0.148 e. The fourth-order valence-corrected chi connectivity index (χ4v) is 3.58. The summed E-state index contributed by atoms with van der Waals surface area (Å²) < 4.78 is 0. The molecular weight excluding hydrogens is 426 g/mol. The van der Waals surface area contributed by atoms with Crippen molar-refractivity contribution < 1.29 is 0 Å². The van der Waals surface area contributed by atoms with E-state index in [9.17, 15) is 0 Å². The molecule has 4 rings (SSSR count). The third-order valence-corrected chi connectivity index (χ3v) is 5.40. The van der Waals surface area contributed by atoms with Gasteiger partial charge in [0.1, 0.15) is 11.7 Å². The summed E-state index contributed by atoms with van der Waals surface area (Å²) >= 11 is 0. The minimum Gasteiger partial charge on any atom is -0.388 e. The SMILES string of the molecule is C1=NCCCCCN=Cc2cc(-c3ccc(NC4=N/C=C/NCCNCCN=C4)cc3)[nH]c2N1. The van der Waals surface area contributed by atoms with Crippen LogP contribution in [0.25, 0.3) is 11.3 Å². The van der Waals surface area contributed by atoms with Crippen LogP contribution in [0.1, 0.15) is 24.8 Å². The van der Waals surface area contributed by atoms with Gasteiger partial charge in [0.05, 0.1) is 19.1 Å². The van der Waals surface area contributed by atoms with Gasteiger partial charge in [-0.1, -0.05) is 12.1 Å². The Kier molecular flexibility index (Phi) is 9.03. The molecule has 9 heteroatoms. The lowest BCUT2D eigenvalue weighted by atomic mass is 10.1. The van der Waals surface area contributed by atoms with E-state index in [0.29, 0.717) is 12.4 Å². The van der Waals surface area contributed by atoms with Gasteiger partial charge in [-0.05, 0) is 43.0 Å². The molecule has 2 aliphatic heterocycles. The first-order valence-electron chi connectivity index (χ1n) is 11.9. The van der Waals surface area contributed by atoms with Gasteiger partial charge in [0.15, 0.2) is 0 Å². The number of nitrogens with one attached hydrogen (secondary N) is 5. The zero-order chi connectivity index (χ0) is 23.3. The van der Waals surface area contributed by atoms with Gasteiger partial charge < -0.3 is 26.3 Å². The number of hydrogen-bond acceptors (Lipinski definition) is 8. The Balaban J connectivity index is 1.47. The van der Waals surface area contributed by atoms with E-state index in [1.165, 1.54) is 0 Å². The Bertz CT molecular complexity index is 1040. The first kappa shape index (κ1) is 23.4. The molecule has 0 saturated carbocycles. The summed E-state index contributed by atoms with van der Waals surface area (Å²) in [5, 5.41) is 13.2. The Hall–Kier alpha value is -3.72. The molecule has 3 heterocycles. The number of nitrogens with zero attached hydrogens (tertiary/aromatic N) is 4. The third-order valence-electron chi connectivity index (χ3n) is 5.40. The Morgan fingerprint density at radius 2 is 1.68 bits per heavy atom. The van der Waals surface area contributed by atoms with Gasteiger partial charge in [0.25, 0.3) is 0 Å². The van der Waals surface area contributed by atoms with Crippen molar-refractivity contribution in [3.8, 4) is 11.3 Å². The Labute approximate surface area is 200 Å². The molecule has 178 valence electrons. The molecule has 0 atom stereocenters. The van der Waals surface area contributed by atoms with Crippen LogP contribution in [-0.4, -0.2) is 68.9 Å². The highest BCUT2D eigenvalue weighted by atomic mass is 15.0. The van der Waals surface area contributed by atoms with E-state index < -0.39 is 0 Å². The quantitative estimate of drug-likeness (QED) is 0.474. The van der Waals surface area contributed by atoms with E-state index >= 15 is 0 Å².